The maximum absolute atomic E-state index is 11.7. The standard InChI is InChI=1S/C18H19N5O3S/c1-2-27(25,26)22-13-5-3-12(4-6-13)15-9-16(23(11-24)14-7-8-14)21-18-17(15)19-10-20-18/h3-6,9-11,14,22H,2,7-8H2,1H3,(H,19,20,21). The Morgan fingerprint density at radius 2 is 2.04 bits per heavy atom. The smallest absolute Gasteiger partial charge is 0.232 e. The molecule has 0 saturated heterocycles. The van der Waals surface area contributed by atoms with Crippen molar-refractivity contribution in [3.05, 3.63) is 36.7 Å². The fourth-order valence-corrected chi connectivity index (χ4v) is 3.56. The van der Waals surface area contributed by atoms with E-state index < -0.39 is 10.0 Å². The first-order chi connectivity index (χ1) is 13.0. The molecule has 8 nitrogen and oxygen atoms in total. The lowest BCUT2D eigenvalue weighted by molar-refractivity contribution is -0.107. The number of carbonyl (C=O) groups excluding carboxylic acids is 1. The van der Waals surface area contributed by atoms with E-state index in [1.807, 2.05) is 18.2 Å². The van der Waals surface area contributed by atoms with Crippen molar-refractivity contribution in [2.75, 3.05) is 15.4 Å². The van der Waals surface area contributed by atoms with Crippen molar-refractivity contribution in [1.82, 2.24) is 15.0 Å². The van der Waals surface area contributed by atoms with Crippen LogP contribution in [-0.2, 0) is 14.8 Å². The van der Waals surface area contributed by atoms with Crippen molar-refractivity contribution >= 4 is 39.1 Å². The summed E-state index contributed by atoms with van der Waals surface area (Å²) in [6.07, 6.45) is 4.32. The summed E-state index contributed by atoms with van der Waals surface area (Å²) >= 11 is 0. The topological polar surface area (TPSA) is 108 Å². The highest BCUT2D eigenvalue weighted by Gasteiger charge is 2.30. The van der Waals surface area contributed by atoms with Gasteiger partial charge in [-0.3, -0.25) is 14.4 Å². The molecule has 2 heterocycles. The van der Waals surface area contributed by atoms with E-state index in [9.17, 15) is 13.2 Å². The van der Waals surface area contributed by atoms with Gasteiger partial charge in [0.15, 0.2) is 5.65 Å². The van der Waals surface area contributed by atoms with E-state index in [4.69, 9.17) is 0 Å². The van der Waals surface area contributed by atoms with Gasteiger partial charge in [-0.25, -0.2) is 18.4 Å². The van der Waals surface area contributed by atoms with Crippen LogP contribution in [0.2, 0.25) is 0 Å². The van der Waals surface area contributed by atoms with Crippen LogP contribution in [0.1, 0.15) is 19.8 Å². The van der Waals surface area contributed by atoms with E-state index >= 15 is 0 Å². The molecular formula is C18H19N5O3S. The lowest BCUT2D eigenvalue weighted by Gasteiger charge is -2.17. The molecule has 0 spiro atoms. The van der Waals surface area contributed by atoms with Gasteiger partial charge in [0, 0.05) is 17.3 Å². The molecule has 1 saturated carbocycles. The Bertz CT molecular complexity index is 1090. The molecule has 1 fully saturated rings. The zero-order valence-electron chi connectivity index (χ0n) is 14.7. The zero-order valence-corrected chi connectivity index (χ0v) is 15.5. The Morgan fingerprint density at radius 3 is 2.67 bits per heavy atom. The Labute approximate surface area is 156 Å². The minimum atomic E-state index is -3.32. The Hall–Kier alpha value is -2.94. The van der Waals surface area contributed by atoms with Crippen molar-refractivity contribution in [2.45, 2.75) is 25.8 Å². The second kappa shape index (κ2) is 6.66. The molecule has 0 atom stereocenters. The van der Waals surface area contributed by atoms with Gasteiger partial charge in [-0.15, -0.1) is 0 Å². The third-order valence-corrected chi connectivity index (χ3v) is 5.86. The van der Waals surface area contributed by atoms with Gasteiger partial charge in [0.1, 0.15) is 5.82 Å². The van der Waals surface area contributed by atoms with Crippen LogP contribution in [-0.4, -0.2) is 41.6 Å². The molecular weight excluding hydrogens is 366 g/mol. The predicted molar refractivity (Wildman–Crippen MR) is 104 cm³/mol. The number of aromatic amines is 1. The van der Waals surface area contributed by atoms with Crippen molar-refractivity contribution in [3.8, 4) is 11.1 Å². The number of fused-ring (bicyclic) bond motifs is 1. The van der Waals surface area contributed by atoms with Crippen LogP contribution >= 0.6 is 0 Å². The number of nitrogens with zero attached hydrogens (tertiary/aromatic N) is 3. The number of nitrogens with one attached hydrogen (secondary N) is 2. The zero-order chi connectivity index (χ0) is 19.0. The van der Waals surface area contributed by atoms with Crippen LogP contribution in [0, 0.1) is 0 Å². The van der Waals surface area contributed by atoms with Crippen LogP contribution in [0.3, 0.4) is 0 Å². The second-order valence-electron chi connectivity index (χ2n) is 6.46. The molecule has 4 rings (SSSR count). The van der Waals surface area contributed by atoms with Gasteiger partial charge in [-0.2, -0.15) is 0 Å². The summed E-state index contributed by atoms with van der Waals surface area (Å²) in [5.41, 5.74) is 3.52. The first kappa shape index (κ1) is 17.5. The molecule has 1 amide bonds. The monoisotopic (exact) mass is 385 g/mol. The molecule has 0 bridgehead atoms. The minimum absolute atomic E-state index is 0.0138. The summed E-state index contributed by atoms with van der Waals surface area (Å²) in [5, 5.41) is 0. The highest BCUT2D eigenvalue weighted by Crippen LogP contribution is 2.34. The highest BCUT2D eigenvalue weighted by atomic mass is 32.2. The number of hydrogen-bond acceptors (Lipinski definition) is 5. The summed E-state index contributed by atoms with van der Waals surface area (Å²) in [4.78, 5) is 25.0. The molecule has 2 N–H and O–H groups in total. The Morgan fingerprint density at radius 1 is 1.30 bits per heavy atom. The Balaban J connectivity index is 1.74. The number of rotatable bonds is 7. The van der Waals surface area contributed by atoms with Gasteiger partial charge in [0.25, 0.3) is 0 Å². The molecule has 1 aromatic carbocycles. The van der Waals surface area contributed by atoms with Crippen molar-refractivity contribution < 1.29 is 13.2 Å². The molecule has 27 heavy (non-hydrogen) atoms. The average Bonchev–Trinajstić information content (AvgIpc) is 3.38. The van der Waals surface area contributed by atoms with E-state index in [1.54, 1.807) is 30.3 Å². The van der Waals surface area contributed by atoms with E-state index in [-0.39, 0.29) is 11.8 Å². The number of pyridine rings is 1. The SMILES string of the molecule is CCS(=O)(=O)Nc1ccc(-c2cc(N(C=O)C3CC3)nc3nc[nH]c23)cc1. The molecule has 3 aromatic rings. The van der Waals surface area contributed by atoms with Gasteiger partial charge >= 0.3 is 0 Å². The van der Waals surface area contributed by atoms with Crippen LogP contribution < -0.4 is 9.62 Å². The third-order valence-electron chi connectivity index (χ3n) is 4.55. The summed E-state index contributed by atoms with van der Waals surface area (Å²) in [6, 6.07) is 9.14. The van der Waals surface area contributed by atoms with Crippen LogP contribution in [0.5, 0.6) is 0 Å². The first-order valence-corrected chi connectivity index (χ1v) is 10.3. The van der Waals surface area contributed by atoms with Crippen LogP contribution in [0.25, 0.3) is 22.3 Å². The van der Waals surface area contributed by atoms with E-state index in [2.05, 4.69) is 19.7 Å². The minimum Gasteiger partial charge on any atom is -0.343 e. The molecule has 0 aliphatic heterocycles. The van der Waals surface area contributed by atoms with Crippen molar-refractivity contribution in [2.24, 2.45) is 0 Å². The quantitative estimate of drug-likeness (QED) is 0.608. The Kier molecular flexibility index (Phi) is 4.31. The van der Waals surface area contributed by atoms with Crippen molar-refractivity contribution in [1.29, 1.82) is 0 Å². The number of imidazole rings is 1. The van der Waals surface area contributed by atoms with Crippen molar-refractivity contribution in [3.63, 3.8) is 0 Å². The van der Waals surface area contributed by atoms with Gasteiger partial charge < -0.3 is 4.98 Å². The number of carbonyl (C=O) groups is 1. The number of H-pyrrole nitrogens is 1. The molecule has 0 radical (unpaired) electrons. The normalized spacial score (nSPS) is 14.3. The van der Waals surface area contributed by atoms with E-state index in [1.165, 1.54) is 0 Å². The lowest BCUT2D eigenvalue weighted by atomic mass is 10.1. The summed E-state index contributed by atoms with van der Waals surface area (Å²) in [7, 11) is -3.32. The predicted octanol–water partition coefficient (Wildman–Crippen LogP) is 2.51. The van der Waals surface area contributed by atoms with E-state index in [0.29, 0.717) is 17.2 Å². The number of amides is 1. The van der Waals surface area contributed by atoms with Crippen LogP contribution in [0.15, 0.2) is 36.7 Å². The molecule has 1 aliphatic rings. The maximum Gasteiger partial charge on any atom is 0.232 e. The van der Waals surface area contributed by atoms with Crippen LogP contribution in [0.4, 0.5) is 11.5 Å². The van der Waals surface area contributed by atoms with Gasteiger partial charge in [0.2, 0.25) is 16.4 Å². The van der Waals surface area contributed by atoms with E-state index in [0.717, 1.165) is 35.9 Å². The summed E-state index contributed by atoms with van der Waals surface area (Å²) in [6.45, 7) is 1.59. The summed E-state index contributed by atoms with van der Waals surface area (Å²) < 4.78 is 26.0. The molecule has 2 aromatic heterocycles. The largest absolute Gasteiger partial charge is 0.343 e. The van der Waals surface area contributed by atoms with Gasteiger partial charge in [-0.05, 0) is 43.5 Å². The summed E-state index contributed by atoms with van der Waals surface area (Å²) in [5.74, 6) is 0.581. The number of benzene rings is 1. The fourth-order valence-electron chi connectivity index (χ4n) is 2.92. The molecule has 1 aliphatic carbocycles. The number of aromatic nitrogens is 3. The number of hydrogen-bond donors (Lipinski definition) is 2. The lowest BCUT2D eigenvalue weighted by Crippen LogP contribution is -2.24. The molecule has 140 valence electrons. The molecule has 9 heteroatoms. The number of sulfonamides is 1. The number of anilines is 2. The maximum atomic E-state index is 11.7. The fraction of sp³-hybridized carbons (Fsp3) is 0.278. The first-order valence-electron chi connectivity index (χ1n) is 8.69. The van der Waals surface area contributed by atoms with Gasteiger partial charge in [-0.1, -0.05) is 12.1 Å². The average molecular weight is 385 g/mol. The second-order valence-corrected chi connectivity index (χ2v) is 8.47. The molecule has 0 unspecified atom stereocenters. The highest BCUT2D eigenvalue weighted by molar-refractivity contribution is 7.92. The third kappa shape index (κ3) is 3.50. The van der Waals surface area contributed by atoms with Gasteiger partial charge in [0.05, 0.1) is 17.6 Å².